The van der Waals surface area contributed by atoms with Crippen LogP contribution in [0.1, 0.15) is 1.37 Å². The van der Waals surface area contributed by atoms with Crippen LogP contribution in [-0.4, -0.2) is 10.2 Å². The highest BCUT2D eigenvalue weighted by Crippen LogP contribution is 1.76. The fourth-order valence-corrected chi connectivity index (χ4v) is 0.842. The highest BCUT2D eigenvalue weighted by molar-refractivity contribution is 6.32. The van der Waals surface area contributed by atoms with E-state index in [0.717, 1.165) is 10.2 Å². The maximum absolute atomic E-state index is 7.25. The average molecular weight is 109 g/mol. The monoisotopic (exact) mass is 109 g/mol. The van der Waals surface area contributed by atoms with Crippen molar-refractivity contribution in [3.05, 3.63) is 30.3 Å². The molecular weight excluding hydrogens is 100 g/mol. The third-order valence-corrected chi connectivity index (χ3v) is 1.49. The average Bonchev–Trinajstić information content (AvgIpc) is 1.77. The Labute approximate surface area is 48.0 Å². The first-order valence-corrected chi connectivity index (χ1v) is 3.33. The Hall–Kier alpha value is -0.563. The van der Waals surface area contributed by atoms with Gasteiger partial charge in [0.1, 0.15) is 0 Å². The van der Waals surface area contributed by atoms with Gasteiger partial charge in [0.15, 0.2) is 0 Å². The standard InChI is InChI=1S/C6H8Si/c7-6-4-2-1-3-5-6/h1-5H,7H3/i4D. The van der Waals surface area contributed by atoms with Gasteiger partial charge in [0, 0.05) is 10.2 Å². The third-order valence-electron chi connectivity index (χ3n) is 0.865. The molecule has 1 heteroatoms. The number of hydrogen-bond acceptors (Lipinski definition) is 0. The molecule has 0 aromatic heterocycles. The van der Waals surface area contributed by atoms with Crippen molar-refractivity contribution in [1.82, 2.24) is 0 Å². The van der Waals surface area contributed by atoms with Crippen LogP contribution >= 0.6 is 0 Å². The summed E-state index contributed by atoms with van der Waals surface area (Å²) in [6.07, 6.45) is 0. The highest BCUT2D eigenvalue weighted by atomic mass is 28.1. The first-order valence-electron chi connectivity index (χ1n) is 2.83. The lowest BCUT2D eigenvalue weighted by atomic mass is 10.4. The summed E-state index contributed by atoms with van der Waals surface area (Å²) in [6.45, 7) is 0. The lowest BCUT2D eigenvalue weighted by Crippen LogP contribution is -1.97. The summed E-state index contributed by atoms with van der Waals surface area (Å²) in [7, 11) is 0.989. The summed E-state index contributed by atoms with van der Waals surface area (Å²) in [5, 5.41) is 1.17. The maximum Gasteiger partial charge on any atom is 0.0621 e. The van der Waals surface area contributed by atoms with Crippen LogP contribution in [0.3, 0.4) is 0 Å². The minimum absolute atomic E-state index is 0.680. The Balaban J connectivity index is 3.13. The van der Waals surface area contributed by atoms with Crippen molar-refractivity contribution >= 4 is 15.4 Å². The van der Waals surface area contributed by atoms with Crippen LogP contribution in [-0.2, 0) is 0 Å². The highest BCUT2D eigenvalue weighted by Gasteiger charge is 1.72. The molecular formula is C6H8Si. The number of rotatable bonds is 0. The minimum Gasteiger partial charge on any atom is -0.0708 e. The van der Waals surface area contributed by atoms with Gasteiger partial charge in [-0.05, 0) is 0 Å². The topological polar surface area (TPSA) is 0 Å². The molecule has 0 nitrogen and oxygen atoms in total. The van der Waals surface area contributed by atoms with Gasteiger partial charge in [-0.25, -0.2) is 0 Å². The van der Waals surface area contributed by atoms with Gasteiger partial charge in [0.25, 0.3) is 0 Å². The predicted molar refractivity (Wildman–Crippen MR) is 36.0 cm³/mol. The van der Waals surface area contributed by atoms with E-state index in [1.54, 1.807) is 0 Å². The number of benzene rings is 1. The second-order valence-electron chi connectivity index (χ2n) is 1.55. The van der Waals surface area contributed by atoms with E-state index < -0.39 is 0 Å². The zero-order chi connectivity index (χ0) is 5.98. The number of hydrogen-bond donors (Lipinski definition) is 0. The van der Waals surface area contributed by atoms with Gasteiger partial charge in [-0.2, -0.15) is 0 Å². The molecule has 0 saturated heterocycles. The van der Waals surface area contributed by atoms with E-state index in [1.807, 2.05) is 24.3 Å². The lowest BCUT2D eigenvalue weighted by molar-refractivity contribution is 1.78. The molecule has 0 spiro atoms. The van der Waals surface area contributed by atoms with E-state index in [-0.39, 0.29) is 0 Å². The minimum atomic E-state index is 0.680. The Morgan fingerprint density at radius 3 is 2.71 bits per heavy atom. The van der Waals surface area contributed by atoms with Crippen molar-refractivity contribution in [3.8, 4) is 0 Å². The van der Waals surface area contributed by atoms with E-state index in [4.69, 9.17) is 1.37 Å². The van der Waals surface area contributed by atoms with Crippen LogP contribution in [0.15, 0.2) is 30.3 Å². The molecule has 0 radical (unpaired) electrons. The summed E-state index contributed by atoms with van der Waals surface area (Å²) in [5.41, 5.74) is 0. The van der Waals surface area contributed by atoms with Gasteiger partial charge in [0.05, 0.1) is 1.37 Å². The van der Waals surface area contributed by atoms with E-state index in [0.29, 0.717) is 6.04 Å². The van der Waals surface area contributed by atoms with Crippen molar-refractivity contribution in [3.63, 3.8) is 0 Å². The Morgan fingerprint density at radius 2 is 2.29 bits per heavy atom. The lowest BCUT2D eigenvalue weighted by Gasteiger charge is -1.82. The van der Waals surface area contributed by atoms with Crippen LogP contribution < -0.4 is 5.19 Å². The van der Waals surface area contributed by atoms with E-state index >= 15 is 0 Å². The summed E-state index contributed by atoms with van der Waals surface area (Å²) >= 11 is 0. The first kappa shape index (κ1) is 3.44. The molecule has 0 amide bonds. The summed E-state index contributed by atoms with van der Waals surface area (Å²) in [5.74, 6) is 0. The Morgan fingerprint density at radius 1 is 1.43 bits per heavy atom. The van der Waals surface area contributed by atoms with Crippen molar-refractivity contribution in [2.24, 2.45) is 0 Å². The van der Waals surface area contributed by atoms with E-state index in [1.165, 1.54) is 5.19 Å². The van der Waals surface area contributed by atoms with Crippen molar-refractivity contribution in [2.45, 2.75) is 0 Å². The quantitative estimate of drug-likeness (QED) is 0.400. The summed E-state index contributed by atoms with van der Waals surface area (Å²) < 4.78 is 7.25. The second-order valence-corrected chi connectivity index (χ2v) is 2.62. The van der Waals surface area contributed by atoms with Gasteiger partial charge in [-0.1, -0.05) is 35.5 Å². The molecule has 0 heterocycles. The van der Waals surface area contributed by atoms with Gasteiger partial charge < -0.3 is 0 Å². The van der Waals surface area contributed by atoms with Crippen molar-refractivity contribution in [1.29, 1.82) is 0 Å². The smallest absolute Gasteiger partial charge is 0.0621 e. The van der Waals surface area contributed by atoms with Gasteiger partial charge >= 0.3 is 0 Å². The van der Waals surface area contributed by atoms with E-state index in [2.05, 4.69) is 0 Å². The largest absolute Gasteiger partial charge is 0.0708 e. The zero-order valence-corrected chi connectivity index (χ0v) is 6.31. The fourth-order valence-electron chi connectivity index (χ4n) is 0.483. The molecule has 1 aromatic carbocycles. The molecule has 0 unspecified atom stereocenters. The molecule has 0 N–H and O–H groups in total. The molecule has 0 aliphatic rings. The second kappa shape index (κ2) is 1.94. The van der Waals surface area contributed by atoms with Crippen LogP contribution in [0.5, 0.6) is 0 Å². The molecule has 0 bridgehead atoms. The molecule has 1 aromatic rings. The van der Waals surface area contributed by atoms with Crippen LogP contribution in [0, 0.1) is 0 Å². The van der Waals surface area contributed by atoms with Gasteiger partial charge in [-0.15, -0.1) is 0 Å². The molecule has 1 rings (SSSR count). The third kappa shape index (κ3) is 1.16. The molecule has 7 heavy (non-hydrogen) atoms. The zero-order valence-electron chi connectivity index (χ0n) is 5.31. The fraction of sp³-hybridized carbons (Fsp3) is 0. The van der Waals surface area contributed by atoms with E-state index in [9.17, 15) is 0 Å². The van der Waals surface area contributed by atoms with Crippen molar-refractivity contribution < 1.29 is 1.37 Å². The van der Waals surface area contributed by atoms with Gasteiger partial charge in [-0.3, -0.25) is 0 Å². The van der Waals surface area contributed by atoms with Crippen LogP contribution in [0.4, 0.5) is 0 Å². The maximum atomic E-state index is 7.25. The molecule has 0 atom stereocenters. The first-order chi connectivity index (χ1) is 3.80. The van der Waals surface area contributed by atoms with Gasteiger partial charge in [0.2, 0.25) is 0 Å². The Bertz CT molecular complexity index is 165. The molecule has 0 fully saturated rings. The summed E-state index contributed by atoms with van der Waals surface area (Å²) in [6, 6.07) is 8.36. The summed E-state index contributed by atoms with van der Waals surface area (Å²) in [4.78, 5) is 0. The molecule has 0 aliphatic carbocycles. The Kier molecular flexibility index (Phi) is 0.951. The normalized spacial score (nSPS) is 11.1. The molecule has 0 aliphatic heterocycles. The molecule has 36 valence electrons. The SMILES string of the molecule is [2H]c1ccccc1[SiH3]. The van der Waals surface area contributed by atoms with Crippen LogP contribution in [0.2, 0.25) is 0 Å². The molecule has 0 saturated carbocycles. The predicted octanol–water partition coefficient (Wildman–Crippen LogP) is -0.323. The van der Waals surface area contributed by atoms with Crippen LogP contribution in [0.25, 0.3) is 0 Å². The van der Waals surface area contributed by atoms with Crippen molar-refractivity contribution in [2.75, 3.05) is 0 Å².